The summed E-state index contributed by atoms with van der Waals surface area (Å²) in [6, 6.07) is 11.1. The summed E-state index contributed by atoms with van der Waals surface area (Å²) in [5, 5.41) is 4.28. The van der Waals surface area contributed by atoms with E-state index in [1.165, 1.54) is 9.75 Å². The number of nitrogens with zero attached hydrogens (tertiary/aromatic N) is 2. The zero-order valence-electron chi connectivity index (χ0n) is 12.4. The molecule has 2 aromatic heterocycles. The van der Waals surface area contributed by atoms with Gasteiger partial charge < -0.3 is 10.2 Å². The topological polar surface area (TPSA) is 28.2 Å². The van der Waals surface area contributed by atoms with Crippen molar-refractivity contribution >= 4 is 28.7 Å². The molecule has 1 N–H and O–H groups in total. The van der Waals surface area contributed by atoms with Gasteiger partial charge in [0.15, 0.2) is 5.11 Å². The van der Waals surface area contributed by atoms with Crippen LogP contribution < -0.4 is 5.32 Å². The zero-order chi connectivity index (χ0) is 15.0. The molecule has 1 saturated heterocycles. The SMILES string of the molecule is Cc1ccc([C@@H]2[C@@H](c3ccccn3)NC(=S)N2C(C)C)s1. The highest BCUT2D eigenvalue weighted by atomic mass is 32.1. The third-order valence-electron chi connectivity index (χ3n) is 3.74. The number of hydrogen-bond donors (Lipinski definition) is 1. The van der Waals surface area contributed by atoms with Gasteiger partial charge in [0.05, 0.1) is 17.8 Å². The van der Waals surface area contributed by atoms with Crippen LogP contribution in [-0.2, 0) is 0 Å². The van der Waals surface area contributed by atoms with Crippen molar-refractivity contribution in [2.24, 2.45) is 0 Å². The van der Waals surface area contributed by atoms with Crippen LogP contribution in [0.5, 0.6) is 0 Å². The molecular weight excluding hydrogens is 298 g/mol. The molecule has 2 aromatic rings. The van der Waals surface area contributed by atoms with E-state index < -0.39 is 0 Å². The Morgan fingerprint density at radius 3 is 2.67 bits per heavy atom. The normalized spacial score (nSPS) is 21.9. The third-order valence-corrected chi connectivity index (χ3v) is 5.14. The van der Waals surface area contributed by atoms with Gasteiger partial charge in [0.2, 0.25) is 0 Å². The summed E-state index contributed by atoms with van der Waals surface area (Å²) < 4.78 is 0. The lowest BCUT2D eigenvalue weighted by Crippen LogP contribution is -2.35. The largest absolute Gasteiger partial charge is 0.352 e. The average molecular weight is 317 g/mol. The molecule has 0 aliphatic carbocycles. The van der Waals surface area contributed by atoms with Crippen molar-refractivity contribution < 1.29 is 0 Å². The van der Waals surface area contributed by atoms with Gasteiger partial charge in [-0.05, 0) is 57.3 Å². The zero-order valence-corrected chi connectivity index (χ0v) is 14.0. The monoisotopic (exact) mass is 317 g/mol. The third kappa shape index (κ3) is 2.68. The highest BCUT2D eigenvalue weighted by Gasteiger charge is 2.41. The maximum absolute atomic E-state index is 5.57. The summed E-state index contributed by atoms with van der Waals surface area (Å²) in [4.78, 5) is 9.48. The van der Waals surface area contributed by atoms with Gasteiger partial charge in [0.25, 0.3) is 0 Å². The molecular formula is C16H19N3S2. The van der Waals surface area contributed by atoms with E-state index in [1.54, 1.807) is 0 Å². The Bertz CT molecular complexity index is 636. The molecule has 0 unspecified atom stereocenters. The van der Waals surface area contributed by atoms with Crippen LogP contribution >= 0.6 is 23.6 Å². The van der Waals surface area contributed by atoms with E-state index in [0.29, 0.717) is 6.04 Å². The number of rotatable bonds is 3. The molecule has 21 heavy (non-hydrogen) atoms. The van der Waals surface area contributed by atoms with Crippen LogP contribution in [0.2, 0.25) is 0 Å². The van der Waals surface area contributed by atoms with E-state index in [1.807, 2.05) is 29.7 Å². The summed E-state index contributed by atoms with van der Waals surface area (Å²) in [6.45, 7) is 6.51. The maximum atomic E-state index is 5.57. The molecule has 0 spiro atoms. The first-order chi connectivity index (χ1) is 10.1. The van der Waals surface area contributed by atoms with E-state index >= 15 is 0 Å². The molecule has 0 amide bonds. The number of nitrogens with one attached hydrogen (secondary N) is 1. The summed E-state index contributed by atoms with van der Waals surface area (Å²) in [7, 11) is 0. The average Bonchev–Trinajstić information content (AvgIpc) is 3.03. The molecule has 3 rings (SSSR count). The number of pyridine rings is 1. The molecule has 2 atom stereocenters. The van der Waals surface area contributed by atoms with Gasteiger partial charge in [-0.25, -0.2) is 0 Å². The van der Waals surface area contributed by atoms with Gasteiger partial charge in [-0.1, -0.05) is 6.07 Å². The second kappa shape index (κ2) is 5.73. The van der Waals surface area contributed by atoms with Crippen LogP contribution in [0, 0.1) is 6.92 Å². The highest BCUT2D eigenvalue weighted by Crippen LogP contribution is 2.42. The molecule has 1 fully saturated rings. The summed E-state index contributed by atoms with van der Waals surface area (Å²) >= 11 is 7.41. The van der Waals surface area contributed by atoms with Crippen LogP contribution in [0.25, 0.3) is 0 Å². The summed E-state index contributed by atoms with van der Waals surface area (Å²) in [5.41, 5.74) is 1.04. The lowest BCUT2D eigenvalue weighted by molar-refractivity contribution is 0.273. The van der Waals surface area contributed by atoms with Crippen molar-refractivity contribution in [2.45, 2.75) is 38.9 Å². The molecule has 3 nitrogen and oxygen atoms in total. The predicted molar refractivity (Wildman–Crippen MR) is 91.5 cm³/mol. The van der Waals surface area contributed by atoms with Crippen LogP contribution in [0.4, 0.5) is 0 Å². The minimum atomic E-state index is 0.110. The second-order valence-electron chi connectivity index (χ2n) is 5.58. The van der Waals surface area contributed by atoms with Crippen molar-refractivity contribution in [3.63, 3.8) is 0 Å². The Kier molecular flexibility index (Phi) is 3.95. The Balaban J connectivity index is 2.05. The van der Waals surface area contributed by atoms with Gasteiger partial charge in [0, 0.05) is 22.0 Å². The standard InChI is InChI=1S/C16H19N3S2/c1-10(2)19-15(13-8-7-11(3)21-13)14(18-16(19)20)12-6-4-5-9-17-12/h4-10,14-15H,1-3H3,(H,18,20)/t14-,15-/m1/s1. The first-order valence-corrected chi connectivity index (χ1v) is 8.36. The molecule has 0 bridgehead atoms. The smallest absolute Gasteiger partial charge is 0.170 e. The van der Waals surface area contributed by atoms with Crippen molar-refractivity contribution in [1.82, 2.24) is 15.2 Å². The van der Waals surface area contributed by atoms with E-state index in [2.05, 4.69) is 54.2 Å². The number of thiophene rings is 1. The van der Waals surface area contributed by atoms with Crippen molar-refractivity contribution in [2.75, 3.05) is 0 Å². The molecule has 1 aliphatic heterocycles. The minimum Gasteiger partial charge on any atom is -0.352 e. The minimum absolute atomic E-state index is 0.110. The lowest BCUT2D eigenvalue weighted by Gasteiger charge is -2.30. The van der Waals surface area contributed by atoms with E-state index in [-0.39, 0.29) is 12.1 Å². The van der Waals surface area contributed by atoms with E-state index in [4.69, 9.17) is 12.2 Å². The quantitative estimate of drug-likeness (QED) is 0.871. The van der Waals surface area contributed by atoms with Crippen LogP contribution in [0.3, 0.4) is 0 Å². The molecule has 5 heteroatoms. The number of aromatic nitrogens is 1. The van der Waals surface area contributed by atoms with Crippen molar-refractivity contribution in [3.8, 4) is 0 Å². The number of hydrogen-bond acceptors (Lipinski definition) is 3. The molecule has 0 radical (unpaired) electrons. The van der Waals surface area contributed by atoms with Crippen LogP contribution in [0.1, 0.15) is 41.4 Å². The highest BCUT2D eigenvalue weighted by molar-refractivity contribution is 7.80. The van der Waals surface area contributed by atoms with Crippen LogP contribution in [-0.4, -0.2) is 21.0 Å². The maximum Gasteiger partial charge on any atom is 0.170 e. The summed E-state index contributed by atoms with van der Waals surface area (Å²) in [6.07, 6.45) is 1.84. The fourth-order valence-electron chi connectivity index (χ4n) is 2.84. The lowest BCUT2D eigenvalue weighted by atomic mass is 10.0. The number of aryl methyl sites for hydroxylation is 1. The Morgan fingerprint density at radius 2 is 2.10 bits per heavy atom. The van der Waals surface area contributed by atoms with Crippen LogP contribution in [0.15, 0.2) is 36.5 Å². The van der Waals surface area contributed by atoms with E-state index in [9.17, 15) is 0 Å². The predicted octanol–water partition coefficient (Wildman–Crippen LogP) is 3.83. The summed E-state index contributed by atoms with van der Waals surface area (Å²) in [5.74, 6) is 0. The molecule has 0 aromatic carbocycles. The first kappa shape index (κ1) is 14.5. The molecule has 0 saturated carbocycles. The van der Waals surface area contributed by atoms with Gasteiger partial charge in [0.1, 0.15) is 0 Å². The van der Waals surface area contributed by atoms with Crippen molar-refractivity contribution in [1.29, 1.82) is 0 Å². The van der Waals surface area contributed by atoms with Gasteiger partial charge in [-0.15, -0.1) is 11.3 Å². The molecule has 110 valence electrons. The molecule has 1 aliphatic rings. The second-order valence-corrected chi connectivity index (χ2v) is 7.28. The molecule has 3 heterocycles. The Labute approximate surface area is 135 Å². The fourth-order valence-corrected chi connectivity index (χ4v) is 4.30. The Morgan fingerprint density at radius 1 is 1.29 bits per heavy atom. The Hall–Kier alpha value is -1.46. The van der Waals surface area contributed by atoms with Gasteiger partial charge >= 0.3 is 0 Å². The van der Waals surface area contributed by atoms with Gasteiger partial charge in [-0.2, -0.15) is 0 Å². The first-order valence-electron chi connectivity index (χ1n) is 7.14. The fraction of sp³-hybridized carbons (Fsp3) is 0.375. The van der Waals surface area contributed by atoms with Crippen molar-refractivity contribution in [3.05, 3.63) is 52.0 Å². The van der Waals surface area contributed by atoms with E-state index in [0.717, 1.165) is 10.8 Å². The van der Waals surface area contributed by atoms with Gasteiger partial charge in [-0.3, -0.25) is 4.98 Å². The number of thiocarbonyl (C=S) groups is 1.